The van der Waals surface area contributed by atoms with E-state index in [1.807, 2.05) is 67.6 Å². The Bertz CT molecular complexity index is 1120. The van der Waals surface area contributed by atoms with E-state index in [-0.39, 0.29) is 17.9 Å². The Hall–Kier alpha value is -3.46. The van der Waals surface area contributed by atoms with E-state index < -0.39 is 12.1 Å². The van der Waals surface area contributed by atoms with Crippen LogP contribution in [0.25, 0.3) is 10.9 Å². The summed E-state index contributed by atoms with van der Waals surface area (Å²) in [5, 5.41) is 10.1. The van der Waals surface area contributed by atoms with Crippen molar-refractivity contribution in [2.45, 2.75) is 57.2 Å². The molecule has 0 radical (unpaired) electrons. The van der Waals surface area contributed by atoms with Gasteiger partial charge in [-0.3, -0.25) is 14.6 Å². The van der Waals surface area contributed by atoms with Crippen molar-refractivity contribution in [3.63, 3.8) is 0 Å². The zero-order valence-electron chi connectivity index (χ0n) is 21.5. The number of carbonyl (C=O) groups is 2. The third kappa shape index (κ3) is 9.17. The number of aromatic nitrogens is 1. The highest BCUT2D eigenvalue weighted by Gasteiger charge is 2.24. The van der Waals surface area contributed by atoms with E-state index in [0.717, 1.165) is 35.9 Å². The molecule has 0 saturated heterocycles. The van der Waals surface area contributed by atoms with Crippen molar-refractivity contribution < 1.29 is 9.59 Å². The smallest absolute Gasteiger partial charge is 0.247 e. The fraction of sp³-hybridized carbons (Fsp3) is 0.379. The highest BCUT2D eigenvalue weighted by Crippen LogP contribution is 2.17. The first-order valence-corrected chi connectivity index (χ1v) is 13.0. The van der Waals surface area contributed by atoms with Gasteiger partial charge in [-0.15, -0.1) is 0 Å². The lowest BCUT2D eigenvalue weighted by Crippen LogP contribution is -2.50. The van der Waals surface area contributed by atoms with Crippen LogP contribution in [0.3, 0.4) is 0 Å². The Morgan fingerprint density at radius 3 is 2.54 bits per heavy atom. The van der Waals surface area contributed by atoms with Crippen LogP contribution in [0.1, 0.15) is 38.2 Å². The molecule has 0 aliphatic carbocycles. The molecule has 2 aromatic carbocycles. The number of nitrogens with zero attached hydrogens (tertiary/aromatic N) is 1. The standard InChI is InChI=1S/C29H38N6O2/c1-2-9-23(19-30)32-17-8-13-25(31)28(36)35-27(16-15-21-10-4-3-5-11-21)29(37)34-24-18-22-12-6-7-14-26(22)33-20-24/h2-7,10-12,14,18,20,23,25,27,32H,8-9,13,15-17,19,30-31H2,1H3,(H-,34,35,36,37)/p+1. The third-order valence-electron chi connectivity index (χ3n) is 6.32. The van der Waals surface area contributed by atoms with Gasteiger partial charge in [0.2, 0.25) is 11.8 Å². The van der Waals surface area contributed by atoms with Gasteiger partial charge in [0.15, 0.2) is 0 Å². The molecule has 37 heavy (non-hydrogen) atoms. The molecule has 0 bridgehead atoms. The second-order valence-corrected chi connectivity index (χ2v) is 9.27. The molecule has 0 saturated carbocycles. The number of nitrogens with one attached hydrogen (secondary N) is 3. The van der Waals surface area contributed by atoms with Gasteiger partial charge in [0.05, 0.1) is 42.8 Å². The Labute approximate surface area is 219 Å². The van der Waals surface area contributed by atoms with E-state index in [4.69, 9.17) is 11.5 Å². The molecule has 3 aromatic rings. The van der Waals surface area contributed by atoms with Crippen molar-refractivity contribution in [1.29, 1.82) is 0 Å². The lowest BCUT2D eigenvalue weighted by molar-refractivity contribution is -0.127. The largest absolute Gasteiger partial charge is 0.343 e. The molecule has 196 valence electrons. The van der Waals surface area contributed by atoms with Crippen LogP contribution < -0.4 is 27.4 Å². The predicted octanol–water partition coefficient (Wildman–Crippen LogP) is 2.93. The van der Waals surface area contributed by atoms with Crippen molar-refractivity contribution >= 4 is 28.4 Å². The van der Waals surface area contributed by atoms with Gasteiger partial charge in [0.1, 0.15) is 12.5 Å². The first kappa shape index (κ1) is 28.1. The quantitative estimate of drug-likeness (QED) is 0.160. The minimum atomic E-state index is -0.731. The van der Waals surface area contributed by atoms with Crippen molar-refractivity contribution in [1.82, 2.24) is 15.6 Å². The summed E-state index contributed by atoms with van der Waals surface area (Å²) in [6, 6.07) is 18.3. The fourth-order valence-corrected chi connectivity index (χ4v) is 4.18. The minimum Gasteiger partial charge on any atom is -0.343 e. The fourth-order valence-electron chi connectivity index (χ4n) is 4.18. The molecule has 0 aliphatic rings. The van der Waals surface area contributed by atoms with Crippen LogP contribution in [0.2, 0.25) is 0 Å². The maximum Gasteiger partial charge on any atom is 0.247 e. The molecule has 1 heterocycles. The summed E-state index contributed by atoms with van der Waals surface area (Å²) in [5.74, 6) is -0.626. The summed E-state index contributed by atoms with van der Waals surface area (Å²) in [5.41, 5.74) is 14.5. The van der Waals surface area contributed by atoms with Gasteiger partial charge < -0.3 is 27.4 Å². The Morgan fingerprint density at radius 2 is 1.78 bits per heavy atom. The van der Waals surface area contributed by atoms with E-state index in [0.29, 0.717) is 31.5 Å². The summed E-state index contributed by atoms with van der Waals surface area (Å²) >= 11 is 0. The maximum atomic E-state index is 13.2. The van der Waals surface area contributed by atoms with Crippen molar-refractivity contribution in [2.24, 2.45) is 11.5 Å². The number of fused-ring (bicyclic) bond motifs is 1. The Kier molecular flexibility index (Phi) is 11.4. The summed E-state index contributed by atoms with van der Waals surface area (Å²) in [4.78, 5) is 30.6. The SMILES string of the molecule is C[CH+]CC(CN)NCCCC(N)C(=O)NC(CCc1ccccc1)C(=O)Nc1cnc2ccccc2c1. The van der Waals surface area contributed by atoms with Gasteiger partial charge in [-0.2, -0.15) is 0 Å². The topological polar surface area (TPSA) is 135 Å². The van der Waals surface area contributed by atoms with Crippen LogP contribution in [-0.4, -0.2) is 48.0 Å². The second kappa shape index (κ2) is 14.9. The van der Waals surface area contributed by atoms with E-state index in [2.05, 4.69) is 27.4 Å². The molecule has 0 fully saturated rings. The summed E-state index contributed by atoms with van der Waals surface area (Å²) in [7, 11) is 0. The van der Waals surface area contributed by atoms with Crippen LogP contribution in [0.4, 0.5) is 5.69 Å². The lowest BCUT2D eigenvalue weighted by Gasteiger charge is -2.21. The van der Waals surface area contributed by atoms with Gasteiger partial charge in [-0.05, 0) is 49.9 Å². The predicted molar refractivity (Wildman–Crippen MR) is 150 cm³/mol. The van der Waals surface area contributed by atoms with Crippen molar-refractivity contribution in [3.05, 3.63) is 78.8 Å². The van der Waals surface area contributed by atoms with E-state index in [1.165, 1.54) is 0 Å². The first-order chi connectivity index (χ1) is 18.0. The average Bonchev–Trinajstić information content (AvgIpc) is 2.92. The van der Waals surface area contributed by atoms with Crippen LogP contribution >= 0.6 is 0 Å². The van der Waals surface area contributed by atoms with Crippen LogP contribution in [0.15, 0.2) is 66.9 Å². The van der Waals surface area contributed by atoms with Crippen molar-refractivity contribution in [2.75, 3.05) is 18.4 Å². The molecule has 3 atom stereocenters. The van der Waals surface area contributed by atoms with E-state index in [9.17, 15) is 9.59 Å². The number of hydrogen-bond acceptors (Lipinski definition) is 6. The highest BCUT2D eigenvalue weighted by molar-refractivity contribution is 5.98. The number of amides is 2. The Balaban J connectivity index is 1.59. The van der Waals surface area contributed by atoms with Gasteiger partial charge in [0, 0.05) is 11.9 Å². The number of anilines is 1. The molecular weight excluding hydrogens is 464 g/mol. The van der Waals surface area contributed by atoms with Gasteiger partial charge in [-0.1, -0.05) is 48.5 Å². The number of carbonyl (C=O) groups excluding carboxylic acids is 2. The van der Waals surface area contributed by atoms with Crippen LogP contribution in [0, 0.1) is 6.42 Å². The molecule has 1 aromatic heterocycles. The van der Waals surface area contributed by atoms with Gasteiger partial charge in [-0.25, -0.2) is 0 Å². The normalized spacial score (nSPS) is 13.5. The van der Waals surface area contributed by atoms with Gasteiger partial charge in [0.25, 0.3) is 0 Å². The van der Waals surface area contributed by atoms with Gasteiger partial charge >= 0.3 is 0 Å². The second-order valence-electron chi connectivity index (χ2n) is 9.27. The molecule has 8 heteroatoms. The number of hydrogen-bond donors (Lipinski definition) is 5. The molecule has 8 nitrogen and oxygen atoms in total. The van der Waals surface area contributed by atoms with Crippen LogP contribution in [-0.2, 0) is 16.0 Å². The Morgan fingerprint density at radius 1 is 1.03 bits per heavy atom. The highest BCUT2D eigenvalue weighted by atomic mass is 16.2. The maximum absolute atomic E-state index is 13.2. The number of aryl methyl sites for hydroxylation is 1. The molecule has 2 amide bonds. The van der Waals surface area contributed by atoms with E-state index >= 15 is 0 Å². The number of nitrogens with two attached hydrogens (primary N) is 2. The number of pyridine rings is 1. The van der Waals surface area contributed by atoms with Crippen LogP contribution in [0.5, 0.6) is 0 Å². The molecule has 3 rings (SSSR count). The summed E-state index contributed by atoms with van der Waals surface area (Å²) in [6.07, 6.45) is 6.93. The molecular formula is C29H39N6O2+. The zero-order valence-corrected chi connectivity index (χ0v) is 21.5. The lowest BCUT2D eigenvalue weighted by atomic mass is 10.0. The summed E-state index contributed by atoms with van der Waals surface area (Å²) < 4.78 is 0. The monoisotopic (exact) mass is 503 g/mol. The zero-order chi connectivity index (χ0) is 26.5. The number of rotatable bonds is 15. The van der Waals surface area contributed by atoms with E-state index in [1.54, 1.807) is 6.20 Å². The molecule has 3 unspecified atom stereocenters. The molecule has 0 spiro atoms. The molecule has 7 N–H and O–H groups in total. The van der Waals surface area contributed by atoms with Crippen molar-refractivity contribution in [3.8, 4) is 0 Å². The third-order valence-corrected chi connectivity index (χ3v) is 6.32. The minimum absolute atomic E-state index is 0.228. The summed E-state index contributed by atoms with van der Waals surface area (Å²) in [6.45, 7) is 3.29. The molecule has 0 aliphatic heterocycles. The number of benzene rings is 2. The number of para-hydroxylation sites is 1. The first-order valence-electron chi connectivity index (χ1n) is 13.0. The average molecular weight is 504 g/mol.